The third-order valence-electron chi connectivity index (χ3n) is 2.64. The molecule has 0 spiro atoms. The van der Waals surface area contributed by atoms with Crippen molar-refractivity contribution in [3.63, 3.8) is 0 Å². The van der Waals surface area contributed by atoms with Crippen molar-refractivity contribution >= 4 is 27.6 Å². The summed E-state index contributed by atoms with van der Waals surface area (Å²) in [5.41, 5.74) is 1.46. The fourth-order valence-corrected chi connectivity index (χ4v) is 1.88. The molecule has 6 heteroatoms. The van der Waals surface area contributed by atoms with Crippen molar-refractivity contribution < 1.29 is 13.9 Å². The lowest BCUT2D eigenvalue weighted by molar-refractivity contribution is 0.0601. The van der Waals surface area contributed by atoms with Gasteiger partial charge in [-0.15, -0.1) is 0 Å². The van der Waals surface area contributed by atoms with Crippen molar-refractivity contribution in [2.75, 3.05) is 12.4 Å². The Kier molecular flexibility index (Phi) is 4.68. The summed E-state index contributed by atoms with van der Waals surface area (Å²) in [6.45, 7) is 0.420. The van der Waals surface area contributed by atoms with Crippen LogP contribution in [0.3, 0.4) is 0 Å². The van der Waals surface area contributed by atoms with Gasteiger partial charge in [0.2, 0.25) is 0 Å². The number of benzene rings is 1. The highest BCUT2D eigenvalue weighted by atomic mass is 79.9. The van der Waals surface area contributed by atoms with Crippen molar-refractivity contribution in [3.05, 3.63) is 58.1 Å². The lowest BCUT2D eigenvalue weighted by Crippen LogP contribution is -2.09. The van der Waals surface area contributed by atoms with Gasteiger partial charge < -0.3 is 10.1 Å². The number of halogens is 2. The van der Waals surface area contributed by atoms with Crippen LogP contribution in [0.5, 0.6) is 0 Å². The number of carbonyl (C=O) groups excluding carboxylic acids is 1. The number of methoxy groups -OCH3 is 1. The van der Waals surface area contributed by atoms with Crippen molar-refractivity contribution in [2.24, 2.45) is 0 Å². The first kappa shape index (κ1) is 14.5. The predicted molar refractivity (Wildman–Crippen MR) is 77.0 cm³/mol. The summed E-state index contributed by atoms with van der Waals surface area (Å²) in [5, 5.41) is 3.05. The Labute approximate surface area is 124 Å². The van der Waals surface area contributed by atoms with Crippen LogP contribution in [-0.4, -0.2) is 18.1 Å². The molecule has 0 aliphatic heterocycles. The number of hydrogen-bond acceptors (Lipinski definition) is 4. The molecule has 0 atom stereocenters. The minimum Gasteiger partial charge on any atom is -0.465 e. The van der Waals surface area contributed by atoms with Gasteiger partial charge in [-0.25, -0.2) is 9.18 Å². The molecule has 0 aliphatic carbocycles. The molecule has 1 aromatic carbocycles. The quantitative estimate of drug-likeness (QED) is 0.868. The van der Waals surface area contributed by atoms with Crippen molar-refractivity contribution in [2.45, 2.75) is 6.54 Å². The molecular formula is C14H12BrFN2O2. The highest BCUT2D eigenvalue weighted by molar-refractivity contribution is 9.10. The molecule has 1 aromatic heterocycles. The smallest absolute Gasteiger partial charge is 0.340 e. The number of pyridine rings is 1. The molecule has 104 valence electrons. The van der Waals surface area contributed by atoms with E-state index in [1.165, 1.54) is 19.2 Å². The summed E-state index contributed by atoms with van der Waals surface area (Å²) in [7, 11) is 1.26. The summed E-state index contributed by atoms with van der Waals surface area (Å²) in [5.74, 6) is -1.08. The van der Waals surface area contributed by atoms with Gasteiger partial charge in [0.25, 0.3) is 0 Å². The van der Waals surface area contributed by atoms with E-state index in [2.05, 4.69) is 31.0 Å². The van der Waals surface area contributed by atoms with Gasteiger partial charge in [-0.2, -0.15) is 0 Å². The van der Waals surface area contributed by atoms with Crippen LogP contribution in [0.15, 0.2) is 41.0 Å². The summed E-state index contributed by atoms with van der Waals surface area (Å²) >= 11 is 3.30. The maximum absolute atomic E-state index is 13.2. The molecule has 0 saturated heterocycles. The Balaban J connectivity index is 2.16. The highest BCUT2D eigenvalue weighted by Gasteiger charge is 2.12. The van der Waals surface area contributed by atoms with Crippen LogP contribution in [0.2, 0.25) is 0 Å². The van der Waals surface area contributed by atoms with Crippen molar-refractivity contribution in [1.82, 2.24) is 4.98 Å². The lowest BCUT2D eigenvalue weighted by atomic mass is 10.1. The van der Waals surface area contributed by atoms with Gasteiger partial charge in [0, 0.05) is 16.4 Å². The Hall–Kier alpha value is -1.95. The van der Waals surface area contributed by atoms with Gasteiger partial charge in [0.05, 0.1) is 24.9 Å². The normalized spacial score (nSPS) is 10.2. The fraction of sp³-hybridized carbons (Fsp3) is 0.143. The minimum absolute atomic E-state index is 0.157. The monoisotopic (exact) mass is 338 g/mol. The number of nitrogens with one attached hydrogen (secondary N) is 1. The number of rotatable bonds is 4. The van der Waals surface area contributed by atoms with E-state index in [4.69, 9.17) is 0 Å². The highest BCUT2D eigenvalue weighted by Crippen LogP contribution is 2.19. The molecule has 0 radical (unpaired) electrons. The van der Waals surface area contributed by atoms with E-state index in [-0.39, 0.29) is 5.56 Å². The first-order valence-electron chi connectivity index (χ1n) is 5.82. The van der Waals surface area contributed by atoms with E-state index in [9.17, 15) is 9.18 Å². The largest absolute Gasteiger partial charge is 0.465 e. The Morgan fingerprint density at radius 3 is 2.85 bits per heavy atom. The second kappa shape index (κ2) is 6.47. The molecule has 0 aliphatic rings. The minimum atomic E-state index is -0.587. The number of carbonyl (C=O) groups is 1. The average Bonchev–Trinajstić information content (AvgIpc) is 2.46. The number of ether oxygens (including phenoxy) is 1. The van der Waals surface area contributed by atoms with Crippen molar-refractivity contribution in [3.8, 4) is 0 Å². The molecule has 0 fully saturated rings. The third kappa shape index (κ3) is 3.54. The first-order valence-corrected chi connectivity index (χ1v) is 6.61. The standard InChI is InChI=1S/C14H12BrFN2O2/c1-20-14(19)12-6-10(16)3-5-13(12)18-8-11-4-2-9(15)7-17-11/h2-7,18H,8H2,1H3. The van der Waals surface area contributed by atoms with Crippen LogP contribution in [0.1, 0.15) is 16.1 Å². The molecule has 1 N–H and O–H groups in total. The summed E-state index contributed by atoms with van der Waals surface area (Å²) in [6, 6.07) is 7.64. The van der Waals surface area contributed by atoms with E-state index < -0.39 is 11.8 Å². The van der Waals surface area contributed by atoms with Crippen LogP contribution in [0.4, 0.5) is 10.1 Å². The number of esters is 1. The van der Waals surface area contributed by atoms with Gasteiger partial charge >= 0.3 is 5.97 Å². The zero-order valence-electron chi connectivity index (χ0n) is 10.7. The molecule has 0 saturated carbocycles. The first-order chi connectivity index (χ1) is 9.60. The number of anilines is 1. The summed E-state index contributed by atoms with van der Waals surface area (Å²) in [4.78, 5) is 15.8. The SMILES string of the molecule is COC(=O)c1cc(F)ccc1NCc1ccc(Br)cn1. The molecule has 2 aromatic rings. The predicted octanol–water partition coefficient (Wildman–Crippen LogP) is 3.38. The zero-order chi connectivity index (χ0) is 14.5. The molecule has 4 nitrogen and oxygen atoms in total. The van der Waals surface area contributed by atoms with E-state index >= 15 is 0 Å². The molecule has 2 rings (SSSR count). The van der Waals surface area contributed by atoms with E-state index in [1.54, 1.807) is 6.20 Å². The molecule has 0 bridgehead atoms. The zero-order valence-corrected chi connectivity index (χ0v) is 12.3. The Bertz CT molecular complexity index is 617. The van der Waals surface area contributed by atoms with E-state index in [0.717, 1.165) is 16.2 Å². The van der Waals surface area contributed by atoms with Gasteiger partial charge in [0.1, 0.15) is 5.82 Å². The van der Waals surface area contributed by atoms with Crippen LogP contribution < -0.4 is 5.32 Å². The average molecular weight is 339 g/mol. The van der Waals surface area contributed by atoms with Crippen LogP contribution in [0, 0.1) is 5.82 Å². The maximum Gasteiger partial charge on any atom is 0.340 e. The Morgan fingerprint density at radius 1 is 1.40 bits per heavy atom. The van der Waals surface area contributed by atoms with Gasteiger partial charge in [-0.1, -0.05) is 0 Å². The second-order valence-corrected chi connectivity index (χ2v) is 4.92. The fourth-order valence-electron chi connectivity index (χ4n) is 1.65. The van der Waals surface area contributed by atoms with Gasteiger partial charge in [0.15, 0.2) is 0 Å². The van der Waals surface area contributed by atoms with Gasteiger partial charge in [-0.05, 0) is 46.3 Å². The summed E-state index contributed by atoms with van der Waals surface area (Å²) < 4.78 is 18.7. The Morgan fingerprint density at radius 2 is 2.20 bits per heavy atom. The van der Waals surface area contributed by atoms with Crippen molar-refractivity contribution in [1.29, 1.82) is 0 Å². The molecule has 0 unspecified atom stereocenters. The second-order valence-electron chi connectivity index (χ2n) is 4.00. The van der Waals surface area contributed by atoms with Crippen LogP contribution in [-0.2, 0) is 11.3 Å². The number of hydrogen-bond donors (Lipinski definition) is 1. The molecule has 1 heterocycles. The van der Waals surface area contributed by atoms with Crippen LogP contribution in [0.25, 0.3) is 0 Å². The van der Waals surface area contributed by atoms with E-state index in [1.807, 2.05) is 12.1 Å². The molecular weight excluding hydrogens is 327 g/mol. The van der Waals surface area contributed by atoms with Crippen LogP contribution >= 0.6 is 15.9 Å². The lowest BCUT2D eigenvalue weighted by Gasteiger charge is -2.10. The summed E-state index contributed by atoms with van der Waals surface area (Å²) in [6.07, 6.45) is 1.68. The number of nitrogens with zero attached hydrogens (tertiary/aromatic N) is 1. The molecule has 0 amide bonds. The van der Waals surface area contributed by atoms with Gasteiger partial charge in [-0.3, -0.25) is 4.98 Å². The van der Waals surface area contributed by atoms with E-state index in [0.29, 0.717) is 12.2 Å². The maximum atomic E-state index is 13.2. The third-order valence-corrected chi connectivity index (χ3v) is 3.10. The topological polar surface area (TPSA) is 51.2 Å². The molecule has 20 heavy (non-hydrogen) atoms. The number of aromatic nitrogens is 1.